The molecule has 6 nitrogen and oxygen atoms in total. The van der Waals surface area contributed by atoms with E-state index in [1.807, 2.05) is 13.8 Å². The monoisotopic (exact) mass is 383 g/mol. The number of ether oxygens (including phenoxy) is 2. The minimum atomic E-state index is -0.559. The van der Waals surface area contributed by atoms with E-state index >= 15 is 0 Å². The summed E-state index contributed by atoms with van der Waals surface area (Å²) >= 11 is 0. The Morgan fingerprint density at radius 2 is 1.54 bits per heavy atom. The van der Waals surface area contributed by atoms with Gasteiger partial charge in [-0.05, 0) is 55.8 Å². The fourth-order valence-electron chi connectivity index (χ4n) is 2.29. The van der Waals surface area contributed by atoms with Crippen LogP contribution >= 0.6 is 0 Å². The lowest BCUT2D eigenvalue weighted by Crippen LogP contribution is -2.14. The van der Waals surface area contributed by atoms with Gasteiger partial charge < -0.3 is 14.8 Å². The van der Waals surface area contributed by atoms with Crippen molar-refractivity contribution in [1.29, 1.82) is 0 Å². The molecule has 0 saturated carbocycles. The van der Waals surface area contributed by atoms with E-state index in [0.29, 0.717) is 29.8 Å². The molecule has 28 heavy (non-hydrogen) atoms. The molecule has 0 aliphatic heterocycles. The van der Waals surface area contributed by atoms with Gasteiger partial charge in [-0.3, -0.25) is 9.59 Å². The SMILES string of the molecule is CCC(=O)Nc1ccc(C(=O)COC(=O)c2ccc(COC(C)C)cc2)cc1. The van der Waals surface area contributed by atoms with Crippen molar-refractivity contribution < 1.29 is 23.9 Å². The van der Waals surface area contributed by atoms with E-state index in [1.54, 1.807) is 55.5 Å². The summed E-state index contributed by atoms with van der Waals surface area (Å²) in [6, 6.07) is 13.3. The predicted octanol–water partition coefficient (Wildman–Crippen LogP) is 4.00. The molecule has 0 spiro atoms. The van der Waals surface area contributed by atoms with Gasteiger partial charge in [0.25, 0.3) is 0 Å². The highest BCUT2D eigenvalue weighted by Gasteiger charge is 2.12. The van der Waals surface area contributed by atoms with Gasteiger partial charge in [0.15, 0.2) is 12.4 Å². The fourth-order valence-corrected chi connectivity index (χ4v) is 2.29. The number of nitrogens with one attached hydrogen (secondary N) is 1. The third-order valence-electron chi connectivity index (χ3n) is 3.92. The van der Waals surface area contributed by atoms with Gasteiger partial charge in [-0.15, -0.1) is 0 Å². The number of benzene rings is 2. The third-order valence-corrected chi connectivity index (χ3v) is 3.92. The van der Waals surface area contributed by atoms with Crippen molar-refractivity contribution in [3.8, 4) is 0 Å². The number of Topliss-reactive ketones (excluding diaryl/α,β-unsaturated/α-hetero) is 1. The lowest BCUT2D eigenvalue weighted by Gasteiger charge is -2.08. The van der Waals surface area contributed by atoms with Gasteiger partial charge in [-0.1, -0.05) is 19.1 Å². The smallest absolute Gasteiger partial charge is 0.338 e. The van der Waals surface area contributed by atoms with Crippen LogP contribution in [0, 0.1) is 0 Å². The zero-order valence-electron chi connectivity index (χ0n) is 16.4. The maximum absolute atomic E-state index is 12.2. The molecule has 0 unspecified atom stereocenters. The van der Waals surface area contributed by atoms with E-state index in [9.17, 15) is 14.4 Å². The molecular formula is C22H25NO5. The number of carbonyl (C=O) groups is 3. The Hall–Kier alpha value is -2.99. The Morgan fingerprint density at radius 3 is 2.11 bits per heavy atom. The van der Waals surface area contributed by atoms with Gasteiger partial charge in [-0.2, -0.15) is 0 Å². The maximum atomic E-state index is 12.2. The molecule has 0 aliphatic rings. The Kier molecular flexibility index (Phi) is 7.89. The summed E-state index contributed by atoms with van der Waals surface area (Å²) in [5, 5.41) is 2.70. The first-order chi connectivity index (χ1) is 13.4. The van der Waals surface area contributed by atoms with Gasteiger partial charge in [0.1, 0.15) is 0 Å². The maximum Gasteiger partial charge on any atom is 0.338 e. The van der Waals surface area contributed by atoms with Gasteiger partial charge in [0.2, 0.25) is 5.91 Å². The first-order valence-corrected chi connectivity index (χ1v) is 9.19. The van der Waals surface area contributed by atoms with Crippen molar-refractivity contribution in [2.24, 2.45) is 0 Å². The summed E-state index contributed by atoms with van der Waals surface area (Å²) in [7, 11) is 0. The molecule has 0 atom stereocenters. The van der Waals surface area contributed by atoms with Crippen LogP contribution in [0.5, 0.6) is 0 Å². The van der Waals surface area contributed by atoms with Crippen LogP contribution < -0.4 is 5.32 Å². The van der Waals surface area contributed by atoms with Crippen LogP contribution in [0.25, 0.3) is 0 Å². The van der Waals surface area contributed by atoms with Crippen molar-refractivity contribution in [2.45, 2.75) is 39.9 Å². The van der Waals surface area contributed by atoms with Crippen LogP contribution in [0.15, 0.2) is 48.5 Å². The number of ketones is 1. The standard InChI is InChI=1S/C22H25NO5/c1-4-21(25)23-19-11-9-17(10-12-19)20(24)14-28-22(26)18-7-5-16(6-8-18)13-27-15(2)3/h5-12,15H,4,13-14H2,1-3H3,(H,23,25). The second kappa shape index (κ2) is 10.4. The molecule has 148 valence electrons. The number of esters is 1. The first kappa shape index (κ1) is 21.3. The molecule has 6 heteroatoms. The zero-order valence-corrected chi connectivity index (χ0v) is 16.4. The quantitative estimate of drug-likeness (QED) is 0.523. The lowest BCUT2D eigenvalue weighted by atomic mass is 10.1. The van der Waals surface area contributed by atoms with E-state index in [2.05, 4.69) is 5.32 Å². The highest BCUT2D eigenvalue weighted by Crippen LogP contribution is 2.12. The van der Waals surface area contributed by atoms with Crippen molar-refractivity contribution in [2.75, 3.05) is 11.9 Å². The topological polar surface area (TPSA) is 81.7 Å². The van der Waals surface area contributed by atoms with Crippen LogP contribution in [-0.2, 0) is 20.9 Å². The molecular weight excluding hydrogens is 358 g/mol. The molecule has 0 fully saturated rings. The molecule has 2 aromatic rings. The summed E-state index contributed by atoms with van der Waals surface area (Å²) < 4.78 is 10.6. The van der Waals surface area contributed by atoms with Gasteiger partial charge in [0.05, 0.1) is 18.3 Å². The van der Waals surface area contributed by atoms with E-state index in [-0.39, 0.29) is 24.4 Å². The number of anilines is 1. The Morgan fingerprint density at radius 1 is 0.929 bits per heavy atom. The summed E-state index contributed by atoms with van der Waals surface area (Å²) in [5.41, 5.74) is 2.35. The fraction of sp³-hybridized carbons (Fsp3) is 0.318. The third kappa shape index (κ3) is 6.63. The molecule has 2 rings (SSSR count). The summed E-state index contributed by atoms with van der Waals surface area (Å²) in [6.45, 7) is 5.79. The number of rotatable bonds is 9. The Bertz CT molecular complexity index is 810. The molecule has 0 heterocycles. The average molecular weight is 383 g/mol. The van der Waals surface area contributed by atoms with Gasteiger partial charge in [0, 0.05) is 17.7 Å². The molecule has 0 saturated heterocycles. The summed E-state index contributed by atoms with van der Waals surface area (Å²) in [5.74, 6) is -0.977. The summed E-state index contributed by atoms with van der Waals surface area (Å²) in [6.07, 6.45) is 0.509. The largest absolute Gasteiger partial charge is 0.454 e. The number of carbonyl (C=O) groups excluding carboxylic acids is 3. The molecule has 1 amide bonds. The summed E-state index contributed by atoms with van der Waals surface area (Å²) in [4.78, 5) is 35.7. The van der Waals surface area contributed by atoms with Crippen LogP contribution in [0.3, 0.4) is 0 Å². The van der Waals surface area contributed by atoms with Crippen molar-refractivity contribution in [3.63, 3.8) is 0 Å². The number of hydrogen-bond acceptors (Lipinski definition) is 5. The Balaban J connectivity index is 1.86. The molecule has 0 aromatic heterocycles. The average Bonchev–Trinajstić information content (AvgIpc) is 2.71. The van der Waals surface area contributed by atoms with Crippen molar-refractivity contribution in [3.05, 3.63) is 65.2 Å². The van der Waals surface area contributed by atoms with Crippen LogP contribution in [0.1, 0.15) is 53.5 Å². The van der Waals surface area contributed by atoms with E-state index in [4.69, 9.17) is 9.47 Å². The minimum absolute atomic E-state index is 0.102. The molecule has 0 bridgehead atoms. The molecule has 0 aliphatic carbocycles. The minimum Gasteiger partial charge on any atom is -0.454 e. The lowest BCUT2D eigenvalue weighted by molar-refractivity contribution is -0.115. The molecule has 1 N–H and O–H groups in total. The van der Waals surface area contributed by atoms with Crippen molar-refractivity contribution >= 4 is 23.3 Å². The van der Waals surface area contributed by atoms with Gasteiger partial charge >= 0.3 is 5.97 Å². The van der Waals surface area contributed by atoms with Crippen LogP contribution in [0.4, 0.5) is 5.69 Å². The van der Waals surface area contributed by atoms with Crippen LogP contribution in [0.2, 0.25) is 0 Å². The van der Waals surface area contributed by atoms with Gasteiger partial charge in [-0.25, -0.2) is 4.79 Å². The second-order valence-electron chi connectivity index (χ2n) is 6.54. The highest BCUT2D eigenvalue weighted by molar-refractivity contribution is 6.00. The predicted molar refractivity (Wildman–Crippen MR) is 106 cm³/mol. The van der Waals surface area contributed by atoms with E-state index in [0.717, 1.165) is 5.56 Å². The first-order valence-electron chi connectivity index (χ1n) is 9.19. The van der Waals surface area contributed by atoms with Crippen molar-refractivity contribution in [1.82, 2.24) is 0 Å². The van der Waals surface area contributed by atoms with E-state index < -0.39 is 5.97 Å². The van der Waals surface area contributed by atoms with E-state index in [1.165, 1.54) is 0 Å². The normalized spacial score (nSPS) is 10.6. The number of hydrogen-bond donors (Lipinski definition) is 1. The number of amides is 1. The molecule has 2 aromatic carbocycles. The molecule has 0 radical (unpaired) electrons. The van der Waals surface area contributed by atoms with Crippen LogP contribution in [-0.4, -0.2) is 30.4 Å². The highest BCUT2D eigenvalue weighted by atomic mass is 16.5. The zero-order chi connectivity index (χ0) is 20.5. The second-order valence-corrected chi connectivity index (χ2v) is 6.54. The Labute approximate surface area is 164 Å².